The zero-order valence-corrected chi connectivity index (χ0v) is 6.95. The fourth-order valence-electron chi connectivity index (χ4n) is 0.510. The molecule has 0 radical (unpaired) electrons. The Labute approximate surface area is 52.8 Å². The van der Waals surface area contributed by atoms with Gasteiger partial charge in [-0.15, -0.1) is 0 Å². The smallest absolute Gasteiger partial charge is 0.0683 e. The summed E-state index contributed by atoms with van der Waals surface area (Å²) in [6.07, 6.45) is 3.06. The molecule has 0 saturated carbocycles. The van der Waals surface area contributed by atoms with E-state index in [1.165, 1.54) is 12.8 Å². The SMILES string of the molecule is C1CC[Se]C1.CC. The predicted octanol–water partition coefficient (Wildman–Crippen LogP) is 2.35. The van der Waals surface area contributed by atoms with E-state index in [0.29, 0.717) is 0 Å². The third-order valence-corrected chi connectivity index (χ3v) is 3.25. The van der Waals surface area contributed by atoms with Gasteiger partial charge >= 0.3 is 38.4 Å². The Balaban J connectivity index is 0.000000162. The number of hydrogen-bond acceptors (Lipinski definition) is 0. The second-order valence-electron chi connectivity index (χ2n) is 1.32. The molecule has 1 heteroatoms. The molecule has 0 N–H and O–H groups in total. The quantitative estimate of drug-likeness (QED) is 0.483. The van der Waals surface area contributed by atoms with Gasteiger partial charge in [0.25, 0.3) is 0 Å². The Hall–Kier alpha value is 0.519. The average Bonchev–Trinajstić information content (AvgIpc) is 2.23. The van der Waals surface area contributed by atoms with Crippen LogP contribution < -0.4 is 0 Å². The van der Waals surface area contributed by atoms with Gasteiger partial charge in [0.1, 0.15) is 0 Å². The second-order valence-corrected chi connectivity index (χ2v) is 3.89. The maximum atomic E-state index is 2.00. The van der Waals surface area contributed by atoms with Crippen molar-refractivity contribution in [2.75, 3.05) is 0 Å². The summed E-state index contributed by atoms with van der Waals surface area (Å²) in [5.41, 5.74) is 0. The van der Waals surface area contributed by atoms with E-state index in [2.05, 4.69) is 0 Å². The maximum Gasteiger partial charge on any atom is -0.0683 e. The van der Waals surface area contributed by atoms with Gasteiger partial charge in [-0.25, -0.2) is 0 Å². The monoisotopic (exact) mass is 166 g/mol. The Kier molecular flexibility index (Phi) is 7.00. The molecule has 0 atom stereocenters. The third-order valence-electron chi connectivity index (χ3n) is 0.827. The largest absolute Gasteiger partial charge is 0.0683 e. The molecule has 0 aromatic heterocycles. The minimum absolute atomic E-state index is 1.07. The van der Waals surface area contributed by atoms with Crippen LogP contribution in [0.4, 0.5) is 0 Å². The van der Waals surface area contributed by atoms with Gasteiger partial charge in [0.15, 0.2) is 0 Å². The predicted molar refractivity (Wildman–Crippen MR) is 35.9 cm³/mol. The molecule has 1 heterocycles. The van der Waals surface area contributed by atoms with Crippen molar-refractivity contribution >= 4 is 15.0 Å². The summed E-state index contributed by atoms with van der Waals surface area (Å²) >= 11 is 1.07. The van der Waals surface area contributed by atoms with E-state index in [-0.39, 0.29) is 0 Å². The van der Waals surface area contributed by atoms with Crippen LogP contribution in [0.3, 0.4) is 0 Å². The van der Waals surface area contributed by atoms with Crippen molar-refractivity contribution in [1.82, 2.24) is 0 Å². The fourth-order valence-corrected chi connectivity index (χ4v) is 2.65. The van der Waals surface area contributed by atoms with Crippen molar-refractivity contribution in [1.29, 1.82) is 0 Å². The van der Waals surface area contributed by atoms with Crippen LogP contribution in [0.2, 0.25) is 10.6 Å². The van der Waals surface area contributed by atoms with Crippen LogP contribution in [0.1, 0.15) is 26.7 Å². The van der Waals surface area contributed by atoms with Crippen LogP contribution in [0.5, 0.6) is 0 Å². The van der Waals surface area contributed by atoms with Crippen molar-refractivity contribution in [3.63, 3.8) is 0 Å². The van der Waals surface area contributed by atoms with Gasteiger partial charge in [0, 0.05) is 0 Å². The number of rotatable bonds is 0. The van der Waals surface area contributed by atoms with Gasteiger partial charge in [0.2, 0.25) is 0 Å². The summed E-state index contributed by atoms with van der Waals surface area (Å²) in [7, 11) is 0. The average molecular weight is 165 g/mol. The van der Waals surface area contributed by atoms with Crippen molar-refractivity contribution in [3.8, 4) is 0 Å². The molecule has 0 nitrogen and oxygen atoms in total. The Morgan fingerprint density at radius 3 is 1.57 bits per heavy atom. The Bertz CT molecular complexity index is 15.8. The summed E-state index contributed by atoms with van der Waals surface area (Å²) in [5, 5.41) is 3.12. The first-order valence-corrected chi connectivity index (χ1v) is 5.50. The summed E-state index contributed by atoms with van der Waals surface area (Å²) in [6, 6.07) is 0. The van der Waals surface area contributed by atoms with Crippen molar-refractivity contribution in [3.05, 3.63) is 0 Å². The zero-order chi connectivity index (χ0) is 5.54. The molecule has 1 fully saturated rings. The summed E-state index contributed by atoms with van der Waals surface area (Å²) < 4.78 is 0. The van der Waals surface area contributed by atoms with Crippen molar-refractivity contribution in [2.24, 2.45) is 0 Å². The van der Waals surface area contributed by atoms with Crippen molar-refractivity contribution in [2.45, 2.75) is 37.3 Å². The molecule has 0 bridgehead atoms. The third kappa shape index (κ3) is 4.37. The minimum Gasteiger partial charge on any atom is -0.0683 e. The Morgan fingerprint density at radius 1 is 1.00 bits per heavy atom. The van der Waals surface area contributed by atoms with Crippen LogP contribution in [0.15, 0.2) is 0 Å². The maximum absolute atomic E-state index is 2.00. The minimum atomic E-state index is 1.07. The molecule has 44 valence electrons. The topological polar surface area (TPSA) is 0 Å². The van der Waals surface area contributed by atoms with Gasteiger partial charge in [-0.05, 0) is 0 Å². The molecule has 0 aromatic rings. The van der Waals surface area contributed by atoms with E-state index in [4.69, 9.17) is 0 Å². The van der Waals surface area contributed by atoms with Gasteiger partial charge in [-0.1, -0.05) is 13.8 Å². The van der Waals surface area contributed by atoms with E-state index in [1.807, 2.05) is 13.8 Å². The zero-order valence-electron chi connectivity index (χ0n) is 5.24. The number of hydrogen-bond donors (Lipinski definition) is 0. The van der Waals surface area contributed by atoms with Crippen LogP contribution in [-0.2, 0) is 0 Å². The molecular formula is C6H14Se. The van der Waals surface area contributed by atoms with Gasteiger partial charge < -0.3 is 0 Å². The molecule has 0 unspecified atom stereocenters. The van der Waals surface area contributed by atoms with Crippen LogP contribution in [-0.4, -0.2) is 15.0 Å². The van der Waals surface area contributed by atoms with E-state index in [1.54, 1.807) is 10.6 Å². The molecule has 0 amide bonds. The van der Waals surface area contributed by atoms with E-state index in [0.717, 1.165) is 15.0 Å². The molecule has 1 rings (SSSR count). The van der Waals surface area contributed by atoms with Crippen molar-refractivity contribution < 1.29 is 0 Å². The summed E-state index contributed by atoms with van der Waals surface area (Å²) in [6.45, 7) is 4.00. The fraction of sp³-hybridized carbons (Fsp3) is 1.00. The molecule has 1 saturated heterocycles. The first-order chi connectivity index (χ1) is 3.50. The van der Waals surface area contributed by atoms with Crippen LogP contribution in [0.25, 0.3) is 0 Å². The molecule has 1 aliphatic rings. The van der Waals surface area contributed by atoms with E-state index in [9.17, 15) is 0 Å². The van der Waals surface area contributed by atoms with Crippen LogP contribution >= 0.6 is 0 Å². The van der Waals surface area contributed by atoms with E-state index >= 15 is 0 Å². The van der Waals surface area contributed by atoms with Gasteiger partial charge in [0.05, 0.1) is 0 Å². The molecule has 0 aliphatic carbocycles. The van der Waals surface area contributed by atoms with Crippen LogP contribution in [0, 0.1) is 0 Å². The van der Waals surface area contributed by atoms with Gasteiger partial charge in [-0.3, -0.25) is 0 Å². The standard InChI is InChI=1S/C4H8Se.C2H6/c1-2-4-5-3-1;1-2/h1-4H2;1-2H3. The molecule has 0 aromatic carbocycles. The molecule has 7 heavy (non-hydrogen) atoms. The molecule has 1 aliphatic heterocycles. The first-order valence-electron chi connectivity index (χ1n) is 3.08. The molecule has 0 spiro atoms. The Morgan fingerprint density at radius 2 is 1.43 bits per heavy atom. The van der Waals surface area contributed by atoms with E-state index < -0.39 is 0 Å². The summed E-state index contributed by atoms with van der Waals surface area (Å²) in [5.74, 6) is 0. The molecular weight excluding hydrogens is 151 g/mol. The second kappa shape index (κ2) is 6.52. The first kappa shape index (κ1) is 7.52. The summed E-state index contributed by atoms with van der Waals surface area (Å²) in [4.78, 5) is 0. The van der Waals surface area contributed by atoms with Gasteiger partial charge in [-0.2, -0.15) is 0 Å². The normalized spacial score (nSPS) is 18.0.